The van der Waals surface area contributed by atoms with E-state index >= 15 is 0 Å². The summed E-state index contributed by atoms with van der Waals surface area (Å²) >= 11 is 0. The van der Waals surface area contributed by atoms with Gasteiger partial charge < -0.3 is 5.73 Å². The Morgan fingerprint density at radius 3 is 2.94 bits per heavy atom. The summed E-state index contributed by atoms with van der Waals surface area (Å²) in [5.41, 5.74) is 8.11. The maximum absolute atomic E-state index is 5.71. The third-order valence-electron chi connectivity index (χ3n) is 3.54. The molecule has 1 nitrogen and oxygen atoms in total. The van der Waals surface area contributed by atoms with E-state index in [1.165, 1.54) is 24.8 Å². The summed E-state index contributed by atoms with van der Waals surface area (Å²) in [5.74, 6) is 1.42. The Bertz CT molecular complexity index is 297. The second-order valence-corrected chi connectivity index (χ2v) is 4.94. The lowest BCUT2D eigenvalue weighted by atomic mass is 9.91. The number of rotatable bonds is 5. The van der Waals surface area contributed by atoms with Crippen molar-refractivity contribution in [1.29, 1.82) is 0 Å². The second-order valence-electron chi connectivity index (χ2n) is 4.94. The Balaban J connectivity index is 2.37. The molecule has 0 radical (unpaired) electrons. The highest BCUT2D eigenvalue weighted by molar-refractivity contribution is 5.25. The Morgan fingerprint density at radius 2 is 2.38 bits per heavy atom. The van der Waals surface area contributed by atoms with Gasteiger partial charge in [0.1, 0.15) is 0 Å². The summed E-state index contributed by atoms with van der Waals surface area (Å²) < 4.78 is 0. The van der Waals surface area contributed by atoms with Crippen LogP contribution in [-0.4, -0.2) is 0 Å². The Morgan fingerprint density at radius 1 is 1.62 bits per heavy atom. The highest BCUT2D eigenvalue weighted by Gasteiger charge is 2.08. The minimum atomic E-state index is 0.573. The Labute approximate surface area is 100 Å². The SMILES string of the molecule is CCC(C)CC/C=C(\C)C1C=CC(N)=CC1. The third kappa shape index (κ3) is 4.26. The van der Waals surface area contributed by atoms with Gasteiger partial charge in [-0.2, -0.15) is 0 Å². The highest BCUT2D eigenvalue weighted by atomic mass is 14.6. The van der Waals surface area contributed by atoms with E-state index < -0.39 is 0 Å². The minimum Gasteiger partial charge on any atom is -0.399 e. The molecule has 0 aromatic heterocycles. The molecule has 0 bridgehead atoms. The van der Waals surface area contributed by atoms with E-state index in [4.69, 9.17) is 5.73 Å². The second kappa shape index (κ2) is 6.57. The van der Waals surface area contributed by atoms with Crippen molar-refractivity contribution in [2.24, 2.45) is 17.6 Å². The predicted octanol–water partition coefficient (Wildman–Crippen LogP) is 4.18. The molecule has 16 heavy (non-hydrogen) atoms. The van der Waals surface area contributed by atoms with Crippen molar-refractivity contribution in [2.45, 2.75) is 46.5 Å². The molecule has 2 atom stereocenters. The topological polar surface area (TPSA) is 26.0 Å². The zero-order valence-electron chi connectivity index (χ0n) is 10.9. The van der Waals surface area contributed by atoms with Gasteiger partial charge in [-0.3, -0.25) is 0 Å². The van der Waals surface area contributed by atoms with Crippen molar-refractivity contribution in [3.05, 3.63) is 35.6 Å². The standard InChI is InChI=1S/C15H25N/c1-4-12(2)6-5-7-13(3)14-8-10-15(16)11-9-14/h7-8,10-12,14H,4-6,9,16H2,1-3H3/b13-7+. The molecule has 0 aromatic rings. The summed E-state index contributed by atoms with van der Waals surface area (Å²) in [6.07, 6.45) is 13.6. The molecule has 0 aromatic carbocycles. The van der Waals surface area contributed by atoms with Crippen LogP contribution in [0.15, 0.2) is 35.6 Å². The molecule has 0 spiro atoms. The maximum atomic E-state index is 5.71. The molecule has 1 heteroatoms. The summed E-state index contributed by atoms with van der Waals surface area (Å²) in [6.45, 7) is 6.83. The fourth-order valence-electron chi connectivity index (χ4n) is 1.93. The van der Waals surface area contributed by atoms with Crippen molar-refractivity contribution in [2.75, 3.05) is 0 Å². The molecule has 1 rings (SSSR count). The van der Waals surface area contributed by atoms with Crippen LogP contribution in [0.2, 0.25) is 0 Å². The van der Waals surface area contributed by atoms with E-state index in [0.29, 0.717) is 5.92 Å². The minimum absolute atomic E-state index is 0.573. The van der Waals surface area contributed by atoms with Gasteiger partial charge >= 0.3 is 0 Å². The van der Waals surface area contributed by atoms with Crippen LogP contribution in [0.4, 0.5) is 0 Å². The molecule has 0 saturated carbocycles. The van der Waals surface area contributed by atoms with Gasteiger partial charge in [0.05, 0.1) is 0 Å². The summed E-state index contributed by atoms with van der Waals surface area (Å²) in [6, 6.07) is 0. The smallest absolute Gasteiger partial charge is 0.0270 e. The molecule has 1 aliphatic carbocycles. The molecular formula is C15H25N. The van der Waals surface area contributed by atoms with Crippen molar-refractivity contribution in [1.82, 2.24) is 0 Å². The molecular weight excluding hydrogens is 194 g/mol. The van der Waals surface area contributed by atoms with Crippen molar-refractivity contribution in [3.63, 3.8) is 0 Å². The summed E-state index contributed by atoms with van der Waals surface area (Å²) in [4.78, 5) is 0. The van der Waals surface area contributed by atoms with E-state index in [1.54, 1.807) is 0 Å². The number of hydrogen-bond donors (Lipinski definition) is 1. The van der Waals surface area contributed by atoms with Gasteiger partial charge in [0.15, 0.2) is 0 Å². The average Bonchev–Trinajstić information content (AvgIpc) is 2.29. The van der Waals surface area contributed by atoms with E-state index in [9.17, 15) is 0 Å². The molecule has 0 fully saturated rings. The highest BCUT2D eigenvalue weighted by Crippen LogP contribution is 2.23. The molecule has 0 amide bonds. The molecule has 90 valence electrons. The average molecular weight is 219 g/mol. The zero-order valence-corrected chi connectivity index (χ0v) is 10.9. The van der Waals surface area contributed by atoms with Gasteiger partial charge in [-0.1, -0.05) is 44.1 Å². The lowest BCUT2D eigenvalue weighted by molar-refractivity contribution is 0.520. The van der Waals surface area contributed by atoms with E-state index in [0.717, 1.165) is 18.0 Å². The molecule has 0 saturated heterocycles. The Kier molecular flexibility index (Phi) is 5.37. The zero-order chi connectivity index (χ0) is 12.0. The molecule has 2 unspecified atom stereocenters. The molecule has 0 aliphatic heterocycles. The van der Waals surface area contributed by atoms with E-state index in [1.807, 2.05) is 6.08 Å². The van der Waals surface area contributed by atoms with E-state index in [2.05, 4.69) is 39.0 Å². The van der Waals surface area contributed by atoms with Gasteiger partial charge in [-0.05, 0) is 38.2 Å². The van der Waals surface area contributed by atoms with Gasteiger partial charge in [0, 0.05) is 11.6 Å². The summed E-state index contributed by atoms with van der Waals surface area (Å²) in [5, 5.41) is 0. The van der Waals surface area contributed by atoms with Crippen LogP contribution in [0, 0.1) is 11.8 Å². The predicted molar refractivity (Wildman–Crippen MR) is 72.0 cm³/mol. The van der Waals surface area contributed by atoms with Crippen molar-refractivity contribution >= 4 is 0 Å². The monoisotopic (exact) mass is 219 g/mol. The first-order valence-electron chi connectivity index (χ1n) is 6.44. The fourth-order valence-corrected chi connectivity index (χ4v) is 1.93. The largest absolute Gasteiger partial charge is 0.399 e. The van der Waals surface area contributed by atoms with Gasteiger partial charge in [-0.25, -0.2) is 0 Å². The first-order valence-corrected chi connectivity index (χ1v) is 6.44. The first kappa shape index (κ1) is 13.1. The lowest BCUT2D eigenvalue weighted by Crippen LogP contribution is -2.05. The quantitative estimate of drug-likeness (QED) is 0.690. The fraction of sp³-hybridized carbons (Fsp3) is 0.600. The number of hydrogen-bond acceptors (Lipinski definition) is 1. The van der Waals surface area contributed by atoms with Gasteiger partial charge in [0.2, 0.25) is 0 Å². The van der Waals surface area contributed by atoms with Crippen LogP contribution < -0.4 is 5.73 Å². The maximum Gasteiger partial charge on any atom is 0.0270 e. The van der Waals surface area contributed by atoms with Crippen LogP contribution >= 0.6 is 0 Å². The van der Waals surface area contributed by atoms with Crippen LogP contribution in [-0.2, 0) is 0 Å². The third-order valence-corrected chi connectivity index (χ3v) is 3.54. The molecule has 0 heterocycles. The van der Waals surface area contributed by atoms with E-state index in [-0.39, 0.29) is 0 Å². The lowest BCUT2D eigenvalue weighted by Gasteiger charge is -2.16. The molecule has 1 aliphatic rings. The normalized spacial score (nSPS) is 23.1. The van der Waals surface area contributed by atoms with Gasteiger partial charge in [-0.15, -0.1) is 0 Å². The van der Waals surface area contributed by atoms with Crippen LogP contribution in [0.1, 0.15) is 46.5 Å². The van der Waals surface area contributed by atoms with Crippen molar-refractivity contribution < 1.29 is 0 Å². The number of allylic oxidation sites excluding steroid dienone is 5. The van der Waals surface area contributed by atoms with Crippen LogP contribution in [0.5, 0.6) is 0 Å². The first-order chi connectivity index (χ1) is 7.63. The Hall–Kier alpha value is -0.980. The van der Waals surface area contributed by atoms with Gasteiger partial charge in [0.25, 0.3) is 0 Å². The van der Waals surface area contributed by atoms with Crippen LogP contribution in [0.3, 0.4) is 0 Å². The van der Waals surface area contributed by atoms with Crippen molar-refractivity contribution in [3.8, 4) is 0 Å². The summed E-state index contributed by atoms with van der Waals surface area (Å²) in [7, 11) is 0. The van der Waals surface area contributed by atoms with Crippen LogP contribution in [0.25, 0.3) is 0 Å². The molecule has 2 N–H and O–H groups in total. The number of nitrogens with two attached hydrogens (primary N) is 1.